The molecule has 22 heavy (non-hydrogen) atoms. The number of hydrogen-bond donors (Lipinski definition) is 1. The van der Waals surface area contributed by atoms with Gasteiger partial charge in [-0.3, -0.25) is 0 Å². The van der Waals surface area contributed by atoms with Gasteiger partial charge in [-0.15, -0.1) is 0 Å². The lowest BCUT2D eigenvalue weighted by molar-refractivity contribution is 0.617. The Balaban J connectivity index is 2.09. The molecule has 0 saturated carbocycles. The Labute approximate surface area is 129 Å². The molecule has 1 aromatic heterocycles. The smallest absolute Gasteiger partial charge is 0.227 e. The highest BCUT2D eigenvalue weighted by Crippen LogP contribution is 2.29. The van der Waals surface area contributed by atoms with E-state index < -0.39 is 0 Å². The summed E-state index contributed by atoms with van der Waals surface area (Å²) < 4.78 is 5.90. The van der Waals surface area contributed by atoms with Crippen LogP contribution in [0.3, 0.4) is 0 Å². The maximum absolute atomic E-state index is 9.05. The summed E-state index contributed by atoms with van der Waals surface area (Å²) in [7, 11) is 0. The van der Waals surface area contributed by atoms with Crippen molar-refractivity contribution >= 4 is 16.8 Å². The number of hydrogen-bond acceptors (Lipinski definition) is 4. The monoisotopic (exact) mass is 291 g/mol. The highest BCUT2D eigenvalue weighted by Gasteiger charge is 2.12. The summed E-state index contributed by atoms with van der Waals surface area (Å²) in [6.45, 7) is 6.95. The largest absolute Gasteiger partial charge is 0.436 e. The number of fused-ring (bicyclic) bond motifs is 1. The van der Waals surface area contributed by atoms with E-state index in [1.54, 1.807) is 6.07 Å². The molecule has 0 spiro atoms. The lowest BCUT2D eigenvalue weighted by Gasteiger charge is -2.07. The molecule has 0 atom stereocenters. The topological polar surface area (TPSA) is 61.9 Å². The summed E-state index contributed by atoms with van der Waals surface area (Å²) in [6.07, 6.45) is 0. The molecular formula is C18H17N3O. The SMILES string of the molecule is CCNc1ccc(-c2nc3cc(C#N)cc(C)c3o2)cc1C. The van der Waals surface area contributed by atoms with Gasteiger partial charge in [-0.1, -0.05) is 0 Å². The fourth-order valence-electron chi connectivity index (χ4n) is 2.57. The molecule has 3 aromatic rings. The second-order valence-corrected chi connectivity index (χ2v) is 5.33. The second kappa shape index (κ2) is 5.53. The van der Waals surface area contributed by atoms with Crippen LogP contribution in [0.4, 0.5) is 5.69 Å². The standard InChI is InChI=1S/C18H17N3O/c1-4-20-15-6-5-14(8-11(15)2)18-21-16-9-13(10-19)7-12(3)17(16)22-18/h5-9,20H,4H2,1-3H3. The van der Waals surface area contributed by atoms with E-state index in [4.69, 9.17) is 9.68 Å². The molecule has 3 rings (SSSR count). The van der Waals surface area contributed by atoms with Gasteiger partial charge in [0.05, 0.1) is 11.6 Å². The van der Waals surface area contributed by atoms with Gasteiger partial charge in [0, 0.05) is 17.8 Å². The van der Waals surface area contributed by atoms with Crippen molar-refractivity contribution in [2.24, 2.45) is 0 Å². The number of nitrogens with one attached hydrogen (secondary N) is 1. The molecule has 2 aromatic carbocycles. The Morgan fingerprint density at radius 3 is 2.68 bits per heavy atom. The fraction of sp³-hybridized carbons (Fsp3) is 0.222. The van der Waals surface area contributed by atoms with Crippen LogP contribution in [0.15, 0.2) is 34.7 Å². The first kappa shape index (κ1) is 14.2. The number of rotatable bonds is 3. The van der Waals surface area contributed by atoms with Crippen LogP contribution in [-0.2, 0) is 0 Å². The highest BCUT2D eigenvalue weighted by atomic mass is 16.3. The Bertz CT molecular complexity index is 887. The Morgan fingerprint density at radius 2 is 2.00 bits per heavy atom. The number of aryl methyl sites for hydroxylation is 2. The zero-order valence-corrected chi connectivity index (χ0v) is 12.9. The van der Waals surface area contributed by atoms with Gasteiger partial charge in [-0.25, -0.2) is 4.98 Å². The molecule has 1 heterocycles. The predicted molar refractivity (Wildman–Crippen MR) is 87.8 cm³/mol. The fourth-order valence-corrected chi connectivity index (χ4v) is 2.57. The van der Waals surface area contributed by atoms with Gasteiger partial charge in [-0.05, 0) is 62.2 Å². The van der Waals surface area contributed by atoms with Crippen molar-refractivity contribution in [2.45, 2.75) is 20.8 Å². The zero-order chi connectivity index (χ0) is 15.7. The maximum Gasteiger partial charge on any atom is 0.227 e. The van der Waals surface area contributed by atoms with Gasteiger partial charge >= 0.3 is 0 Å². The Hall–Kier alpha value is -2.80. The van der Waals surface area contributed by atoms with Gasteiger partial charge in [0.2, 0.25) is 5.89 Å². The summed E-state index contributed by atoms with van der Waals surface area (Å²) >= 11 is 0. The molecule has 110 valence electrons. The number of anilines is 1. The van der Waals surface area contributed by atoms with E-state index in [9.17, 15) is 0 Å². The summed E-state index contributed by atoms with van der Waals surface area (Å²) in [5, 5.41) is 12.4. The average molecular weight is 291 g/mol. The second-order valence-electron chi connectivity index (χ2n) is 5.33. The minimum Gasteiger partial charge on any atom is -0.436 e. The van der Waals surface area contributed by atoms with Crippen molar-refractivity contribution in [1.82, 2.24) is 4.98 Å². The van der Waals surface area contributed by atoms with Crippen LogP contribution in [0.1, 0.15) is 23.6 Å². The molecule has 0 fully saturated rings. The minimum atomic E-state index is 0.583. The molecule has 0 unspecified atom stereocenters. The Kier molecular flexibility index (Phi) is 3.56. The van der Waals surface area contributed by atoms with Crippen molar-refractivity contribution < 1.29 is 4.42 Å². The van der Waals surface area contributed by atoms with E-state index in [0.717, 1.165) is 40.0 Å². The van der Waals surface area contributed by atoms with Crippen molar-refractivity contribution in [3.8, 4) is 17.5 Å². The van der Waals surface area contributed by atoms with Crippen molar-refractivity contribution in [3.63, 3.8) is 0 Å². The van der Waals surface area contributed by atoms with E-state index in [-0.39, 0.29) is 0 Å². The molecule has 0 saturated heterocycles. The van der Waals surface area contributed by atoms with Crippen molar-refractivity contribution in [3.05, 3.63) is 47.0 Å². The maximum atomic E-state index is 9.05. The van der Waals surface area contributed by atoms with E-state index in [0.29, 0.717) is 11.5 Å². The molecular weight excluding hydrogens is 274 g/mol. The third-order valence-electron chi connectivity index (χ3n) is 3.65. The zero-order valence-electron chi connectivity index (χ0n) is 12.9. The number of oxazole rings is 1. The molecule has 0 aliphatic rings. The average Bonchev–Trinajstić information content (AvgIpc) is 2.94. The van der Waals surface area contributed by atoms with Crippen LogP contribution in [-0.4, -0.2) is 11.5 Å². The number of nitriles is 1. The molecule has 0 aliphatic carbocycles. The molecule has 0 radical (unpaired) electrons. The predicted octanol–water partition coefficient (Wildman–Crippen LogP) is 4.42. The van der Waals surface area contributed by atoms with E-state index >= 15 is 0 Å². The summed E-state index contributed by atoms with van der Waals surface area (Å²) in [5.74, 6) is 0.583. The van der Waals surface area contributed by atoms with Crippen LogP contribution in [0, 0.1) is 25.2 Å². The summed E-state index contributed by atoms with van der Waals surface area (Å²) in [6, 6.07) is 11.8. The number of aromatic nitrogens is 1. The lowest BCUT2D eigenvalue weighted by Crippen LogP contribution is -1.98. The van der Waals surface area contributed by atoms with Gasteiger partial charge in [0.15, 0.2) is 5.58 Å². The van der Waals surface area contributed by atoms with Gasteiger partial charge < -0.3 is 9.73 Å². The molecule has 4 heteroatoms. The van der Waals surface area contributed by atoms with Crippen LogP contribution < -0.4 is 5.32 Å². The first-order chi connectivity index (χ1) is 10.6. The normalized spacial score (nSPS) is 10.6. The van der Waals surface area contributed by atoms with Gasteiger partial charge in [0.1, 0.15) is 5.52 Å². The van der Waals surface area contributed by atoms with Crippen LogP contribution in [0.5, 0.6) is 0 Å². The number of nitrogens with zero attached hydrogens (tertiary/aromatic N) is 2. The number of benzene rings is 2. The highest BCUT2D eigenvalue weighted by molar-refractivity contribution is 5.81. The quantitative estimate of drug-likeness (QED) is 0.776. The van der Waals surface area contributed by atoms with Crippen molar-refractivity contribution in [2.75, 3.05) is 11.9 Å². The first-order valence-corrected chi connectivity index (χ1v) is 7.28. The first-order valence-electron chi connectivity index (χ1n) is 7.28. The molecule has 0 aliphatic heterocycles. The molecule has 0 bridgehead atoms. The van der Waals surface area contributed by atoms with Crippen LogP contribution in [0.2, 0.25) is 0 Å². The third kappa shape index (κ3) is 2.42. The van der Waals surface area contributed by atoms with Gasteiger partial charge in [-0.2, -0.15) is 5.26 Å². The molecule has 0 amide bonds. The minimum absolute atomic E-state index is 0.583. The van der Waals surface area contributed by atoms with Gasteiger partial charge in [0.25, 0.3) is 0 Å². The van der Waals surface area contributed by atoms with Crippen LogP contribution >= 0.6 is 0 Å². The van der Waals surface area contributed by atoms with E-state index in [2.05, 4.69) is 36.3 Å². The molecule has 1 N–H and O–H groups in total. The molecule has 4 nitrogen and oxygen atoms in total. The van der Waals surface area contributed by atoms with Crippen molar-refractivity contribution in [1.29, 1.82) is 5.26 Å². The summed E-state index contributed by atoms with van der Waals surface area (Å²) in [4.78, 5) is 4.53. The Morgan fingerprint density at radius 1 is 1.18 bits per heavy atom. The lowest BCUT2D eigenvalue weighted by atomic mass is 10.1. The summed E-state index contributed by atoms with van der Waals surface area (Å²) in [5.41, 5.74) is 6.19. The van der Waals surface area contributed by atoms with E-state index in [1.165, 1.54) is 0 Å². The third-order valence-corrected chi connectivity index (χ3v) is 3.65. The van der Waals surface area contributed by atoms with Crippen LogP contribution in [0.25, 0.3) is 22.6 Å². The van der Waals surface area contributed by atoms with E-state index in [1.807, 2.05) is 25.1 Å².